The Balaban J connectivity index is 1.87. The Bertz CT molecular complexity index is 869. The molecule has 1 heterocycles. The van der Waals surface area contributed by atoms with E-state index in [1.54, 1.807) is 18.2 Å². The minimum absolute atomic E-state index is 0.173. The third-order valence-corrected chi connectivity index (χ3v) is 4.72. The molecule has 2 aromatic rings. The second-order valence-corrected chi connectivity index (χ2v) is 6.62. The van der Waals surface area contributed by atoms with Gasteiger partial charge in [-0.25, -0.2) is 0 Å². The van der Waals surface area contributed by atoms with Crippen LogP contribution in [0.5, 0.6) is 5.75 Å². The summed E-state index contributed by atoms with van der Waals surface area (Å²) >= 11 is 0. The Kier molecular flexibility index (Phi) is 5.93. The summed E-state index contributed by atoms with van der Waals surface area (Å²) in [6, 6.07) is 16.1. The minimum Gasteiger partial charge on any atom is -0.491 e. The van der Waals surface area contributed by atoms with Crippen LogP contribution in [0.4, 0.5) is 5.69 Å². The first-order valence-corrected chi connectivity index (χ1v) is 9.12. The number of primary amides is 1. The summed E-state index contributed by atoms with van der Waals surface area (Å²) in [6.07, 6.45) is 0.173. The zero-order valence-electron chi connectivity index (χ0n) is 15.7. The number of nitrogens with two attached hydrogens (primary N) is 1. The van der Waals surface area contributed by atoms with Crippen molar-refractivity contribution in [2.75, 3.05) is 24.6 Å². The van der Waals surface area contributed by atoms with Gasteiger partial charge in [0.15, 0.2) is 0 Å². The third-order valence-electron chi connectivity index (χ3n) is 4.72. The molecule has 0 saturated heterocycles. The Morgan fingerprint density at radius 3 is 2.54 bits per heavy atom. The quantitative estimate of drug-likeness (QED) is 0.827. The maximum atomic E-state index is 13.1. The Hall–Kier alpha value is -3.35. The smallest absolute Gasteiger partial charge is 0.243 e. The van der Waals surface area contributed by atoms with Crippen LogP contribution in [0.25, 0.3) is 0 Å². The molecule has 0 aromatic heterocycles. The normalized spacial score (nSPS) is 14.5. The highest BCUT2D eigenvalue weighted by atomic mass is 16.5. The number of nitrogens with zero attached hydrogens (tertiary/aromatic N) is 2. The number of anilines is 1. The van der Waals surface area contributed by atoms with Crippen molar-refractivity contribution in [3.63, 3.8) is 0 Å². The van der Waals surface area contributed by atoms with Gasteiger partial charge in [-0.15, -0.1) is 0 Å². The summed E-state index contributed by atoms with van der Waals surface area (Å²) < 4.78 is 5.61. The van der Waals surface area contributed by atoms with E-state index in [4.69, 9.17) is 10.5 Å². The van der Waals surface area contributed by atoms with E-state index in [9.17, 15) is 14.4 Å². The number of hydrogen-bond donors (Lipinski definition) is 1. The first kappa shape index (κ1) is 19.4. The molecule has 1 aliphatic rings. The van der Waals surface area contributed by atoms with E-state index in [-0.39, 0.29) is 44.0 Å². The number of ether oxygens (including phenoxy) is 1. The van der Waals surface area contributed by atoms with Gasteiger partial charge in [-0.3, -0.25) is 19.3 Å². The van der Waals surface area contributed by atoms with Crippen LogP contribution >= 0.6 is 0 Å². The number of fused-ring (bicyclic) bond motifs is 1. The molecule has 1 aliphatic heterocycles. The molecule has 0 bridgehead atoms. The summed E-state index contributed by atoms with van der Waals surface area (Å²) in [4.78, 5) is 40.1. The molecule has 3 rings (SSSR count). The largest absolute Gasteiger partial charge is 0.491 e. The maximum Gasteiger partial charge on any atom is 0.243 e. The number of rotatable bonds is 6. The molecular formula is C21H23N3O4. The Labute approximate surface area is 163 Å². The van der Waals surface area contributed by atoms with Gasteiger partial charge in [-0.2, -0.15) is 0 Å². The van der Waals surface area contributed by atoms with E-state index in [1.165, 1.54) is 9.80 Å². The van der Waals surface area contributed by atoms with E-state index in [0.29, 0.717) is 11.4 Å². The van der Waals surface area contributed by atoms with Crippen molar-refractivity contribution < 1.29 is 19.1 Å². The van der Waals surface area contributed by atoms with Crippen LogP contribution in [0.3, 0.4) is 0 Å². The summed E-state index contributed by atoms with van der Waals surface area (Å²) in [5.74, 6) is -0.620. The van der Waals surface area contributed by atoms with E-state index < -0.39 is 5.91 Å². The maximum absolute atomic E-state index is 13.1. The molecule has 0 radical (unpaired) electrons. The molecule has 0 aliphatic carbocycles. The van der Waals surface area contributed by atoms with E-state index >= 15 is 0 Å². The number of benzene rings is 2. The monoisotopic (exact) mass is 381 g/mol. The van der Waals surface area contributed by atoms with E-state index in [0.717, 1.165) is 5.56 Å². The number of amides is 3. The standard InChI is InChI=1S/C21H23N3O4/c1-15(16-7-3-2-4-8-16)23(13-19(22)25)21(27)14-24-17-9-5-6-10-18(17)28-12-11-20(24)26/h2-10,15H,11-14H2,1H3,(H2,22,25)/t15-/m1/s1. The van der Waals surface area contributed by atoms with Gasteiger partial charge in [0.2, 0.25) is 17.7 Å². The van der Waals surface area contributed by atoms with Gasteiger partial charge < -0.3 is 15.4 Å². The van der Waals surface area contributed by atoms with Gasteiger partial charge in [-0.1, -0.05) is 42.5 Å². The van der Waals surface area contributed by atoms with Gasteiger partial charge in [0.05, 0.1) is 31.3 Å². The molecule has 2 aromatic carbocycles. The Morgan fingerprint density at radius 2 is 1.82 bits per heavy atom. The first-order chi connectivity index (χ1) is 13.5. The molecule has 0 saturated carbocycles. The van der Waals surface area contributed by atoms with Crippen LogP contribution in [0.1, 0.15) is 24.9 Å². The fraction of sp³-hybridized carbons (Fsp3) is 0.286. The number of carbonyl (C=O) groups is 3. The van der Waals surface area contributed by atoms with Gasteiger partial charge >= 0.3 is 0 Å². The summed E-state index contributed by atoms with van der Waals surface area (Å²) in [5.41, 5.74) is 6.80. The summed E-state index contributed by atoms with van der Waals surface area (Å²) in [5, 5.41) is 0. The number of hydrogen-bond acceptors (Lipinski definition) is 4. The molecule has 1 atom stereocenters. The topological polar surface area (TPSA) is 92.9 Å². The van der Waals surface area contributed by atoms with Crippen LogP contribution in [-0.2, 0) is 14.4 Å². The molecule has 146 valence electrons. The molecule has 0 spiro atoms. The highest BCUT2D eigenvalue weighted by molar-refractivity contribution is 6.01. The number of carbonyl (C=O) groups excluding carboxylic acids is 3. The second kappa shape index (κ2) is 8.56. The van der Waals surface area contributed by atoms with E-state index in [2.05, 4.69) is 0 Å². The van der Waals surface area contributed by atoms with Crippen molar-refractivity contribution in [1.82, 2.24) is 4.90 Å². The van der Waals surface area contributed by atoms with Crippen molar-refractivity contribution in [2.45, 2.75) is 19.4 Å². The fourth-order valence-electron chi connectivity index (χ4n) is 3.24. The second-order valence-electron chi connectivity index (χ2n) is 6.62. The van der Waals surface area contributed by atoms with Gasteiger partial charge in [0.25, 0.3) is 0 Å². The zero-order chi connectivity index (χ0) is 20.1. The zero-order valence-corrected chi connectivity index (χ0v) is 15.7. The summed E-state index contributed by atoms with van der Waals surface area (Å²) in [7, 11) is 0. The average Bonchev–Trinajstić information content (AvgIpc) is 2.85. The van der Waals surface area contributed by atoms with Gasteiger partial charge in [-0.05, 0) is 24.6 Å². The highest BCUT2D eigenvalue weighted by Crippen LogP contribution is 2.31. The predicted molar refractivity (Wildman–Crippen MR) is 105 cm³/mol. The van der Waals surface area contributed by atoms with Crippen LogP contribution in [0.2, 0.25) is 0 Å². The molecule has 2 N–H and O–H groups in total. The lowest BCUT2D eigenvalue weighted by Crippen LogP contribution is -2.46. The van der Waals surface area contributed by atoms with Crippen LogP contribution in [0.15, 0.2) is 54.6 Å². The highest BCUT2D eigenvalue weighted by Gasteiger charge is 2.29. The van der Waals surface area contributed by atoms with Crippen molar-refractivity contribution in [3.8, 4) is 5.75 Å². The molecule has 3 amide bonds. The first-order valence-electron chi connectivity index (χ1n) is 9.12. The van der Waals surface area contributed by atoms with Crippen molar-refractivity contribution in [3.05, 3.63) is 60.2 Å². The van der Waals surface area contributed by atoms with Crippen LogP contribution in [0, 0.1) is 0 Å². The number of para-hydroxylation sites is 2. The van der Waals surface area contributed by atoms with Crippen LogP contribution in [-0.4, -0.2) is 42.3 Å². The molecule has 28 heavy (non-hydrogen) atoms. The van der Waals surface area contributed by atoms with Crippen LogP contribution < -0.4 is 15.4 Å². The lowest BCUT2D eigenvalue weighted by atomic mass is 10.1. The van der Waals surface area contributed by atoms with Gasteiger partial charge in [0, 0.05) is 0 Å². The fourth-order valence-corrected chi connectivity index (χ4v) is 3.24. The van der Waals surface area contributed by atoms with Crippen molar-refractivity contribution in [1.29, 1.82) is 0 Å². The summed E-state index contributed by atoms with van der Waals surface area (Å²) in [6.45, 7) is 1.67. The molecule has 7 heteroatoms. The minimum atomic E-state index is -0.609. The average molecular weight is 381 g/mol. The SMILES string of the molecule is C[C@H](c1ccccc1)N(CC(N)=O)C(=O)CN1C(=O)CCOc2ccccc21. The van der Waals surface area contributed by atoms with Crippen molar-refractivity contribution in [2.24, 2.45) is 5.73 Å². The lowest BCUT2D eigenvalue weighted by molar-refractivity contribution is -0.137. The molecule has 7 nitrogen and oxygen atoms in total. The van der Waals surface area contributed by atoms with Crippen molar-refractivity contribution >= 4 is 23.4 Å². The van der Waals surface area contributed by atoms with Gasteiger partial charge in [0.1, 0.15) is 12.3 Å². The Morgan fingerprint density at radius 1 is 1.14 bits per heavy atom. The third kappa shape index (κ3) is 4.31. The molecule has 0 fully saturated rings. The molecular weight excluding hydrogens is 358 g/mol. The van der Waals surface area contributed by atoms with E-state index in [1.807, 2.05) is 43.3 Å². The molecule has 0 unspecified atom stereocenters. The predicted octanol–water partition coefficient (Wildman–Crippen LogP) is 1.88. The lowest BCUT2D eigenvalue weighted by Gasteiger charge is -2.31.